The van der Waals surface area contributed by atoms with Gasteiger partial charge in [-0.2, -0.15) is 0 Å². The Hall–Kier alpha value is -1.55. The van der Waals surface area contributed by atoms with E-state index in [1.165, 1.54) is 0 Å². The van der Waals surface area contributed by atoms with Crippen molar-refractivity contribution in [2.75, 3.05) is 13.7 Å². The summed E-state index contributed by atoms with van der Waals surface area (Å²) in [5.41, 5.74) is 7.25. The first kappa shape index (κ1) is 14.5. The quantitative estimate of drug-likeness (QED) is 0.830. The summed E-state index contributed by atoms with van der Waals surface area (Å²) in [5, 5.41) is 2.91. The largest absolute Gasteiger partial charge is 0.496 e. The number of aryl methyl sites for hydroxylation is 1. The molecular weight excluding hydrogens is 228 g/mol. The lowest BCUT2D eigenvalue weighted by Crippen LogP contribution is -2.47. The summed E-state index contributed by atoms with van der Waals surface area (Å²) in [5.74, 6) is 0.743. The van der Waals surface area contributed by atoms with Crippen LogP contribution in [0.25, 0.3) is 0 Å². The highest BCUT2D eigenvalue weighted by Gasteiger charge is 2.20. The summed E-state index contributed by atoms with van der Waals surface area (Å²) in [7, 11) is 1.66. The number of hydrogen-bond donors (Lipinski definition) is 2. The van der Waals surface area contributed by atoms with Crippen LogP contribution in [-0.2, 0) is 11.2 Å². The van der Waals surface area contributed by atoms with Gasteiger partial charge >= 0.3 is 0 Å². The van der Waals surface area contributed by atoms with Gasteiger partial charge in [-0.15, -0.1) is 0 Å². The van der Waals surface area contributed by atoms with Crippen molar-refractivity contribution in [1.29, 1.82) is 0 Å². The Balaban J connectivity index is 2.77. The number of carbonyl (C=O) groups excluding carboxylic acids is 1. The number of nitrogens with one attached hydrogen (secondary N) is 1. The van der Waals surface area contributed by atoms with E-state index in [1.807, 2.05) is 32.9 Å². The number of amides is 1. The highest BCUT2D eigenvalue weighted by Crippen LogP contribution is 2.21. The van der Waals surface area contributed by atoms with E-state index in [1.54, 1.807) is 7.11 Å². The van der Waals surface area contributed by atoms with Crippen molar-refractivity contribution >= 4 is 5.91 Å². The second kappa shape index (κ2) is 5.87. The van der Waals surface area contributed by atoms with Crippen LogP contribution in [0, 0.1) is 6.92 Å². The molecule has 0 heterocycles. The molecule has 0 saturated heterocycles. The average Bonchev–Trinajstić information content (AvgIpc) is 2.27. The van der Waals surface area contributed by atoms with Gasteiger partial charge in [-0.25, -0.2) is 0 Å². The van der Waals surface area contributed by atoms with Crippen LogP contribution in [0.1, 0.15) is 25.0 Å². The summed E-state index contributed by atoms with van der Waals surface area (Å²) in [6.07, 6.45) is 0.754. The maximum Gasteiger partial charge on any atom is 0.234 e. The predicted molar refractivity (Wildman–Crippen MR) is 72.7 cm³/mol. The van der Waals surface area contributed by atoms with Gasteiger partial charge < -0.3 is 15.8 Å². The maximum atomic E-state index is 11.3. The highest BCUT2D eigenvalue weighted by atomic mass is 16.5. The highest BCUT2D eigenvalue weighted by molar-refractivity contribution is 5.78. The van der Waals surface area contributed by atoms with Crippen molar-refractivity contribution in [3.63, 3.8) is 0 Å². The number of methoxy groups -OCH3 is 1. The third-order valence-electron chi connectivity index (χ3n) is 2.77. The zero-order valence-corrected chi connectivity index (χ0v) is 11.5. The van der Waals surface area contributed by atoms with Gasteiger partial charge in [0.2, 0.25) is 5.91 Å². The van der Waals surface area contributed by atoms with Gasteiger partial charge in [0.05, 0.1) is 13.7 Å². The summed E-state index contributed by atoms with van der Waals surface area (Å²) < 4.78 is 5.23. The van der Waals surface area contributed by atoms with Gasteiger partial charge in [0.25, 0.3) is 0 Å². The van der Waals surface area contributed by atoms with Crippen LogP contribution in [0.4, 0.5) is 0 Å². The molecule has 0 radical (unpaired) electrons. The number of rotatable bonds is 5. The van der Waals surface area contributed by atoms with Crippen LogP contribution in [0.2, 0.25) is 0 Å². The van der Waals surface area contributed by atoms with Gasteiger partial charge in [-0.05, 0) is 44.4 Å². The van der Waals surface area contributed by atoms with E-state index in [0.29, 0.717) is 0 Å². The van der Waals surface area contributed by atoms with Crippen molar-refractivity contribution in [3.05, 3.63) is 29.3 Å². The monoisotopic (exact) mass is 250 g/mol. The van der Waals surface area contributed by atoms with E-state index in [4.69, 9.17) is 10.5 Å². The fraction of sp³-hybridized carbons (Fsp3) is 0.500. The average molecular weight is 250 g/mol. The first-order valence-electron chi connectivity index (χ1n) is 6.02. The Morgan fingerprint density at radius 3 is 2.61 bits per heavy atom. The Kier molecular flexibility index (Phi) is 4.73. The van der Waals surface area contributed by atoms with E-state index < -0.39 is 0 Å². The number of carbonyl (C=O) groups is 1. The third-order valence-corrected chi connectivity index (χ3v) is 2.77. The van der Waals surface area contributed by atoms with Crippen LogP contribution in [0.15, 0.2) is 18.2 Å². The Bertz CT molecular complexity index is 428. The fourth-order valence-corrected chi connectivity index (χ4v) is 2.03. The molecule has 0 aromatic heterocycles. The summed E-state index contributed by atoms with van der Waals surface area (Å²) >= 11 is 0. The molecule has 18 heavy (non-hydrogen) atoms. The lowest BCUT2D eigenvalue weighted by molar-refractivity contribution is -0.121. The molecular formula is C14H22N2O2. The molecule has 0 saturated carbocycles. The molecule has 4 heteroatoms. The fourth-order valence-electron chi connectivity index (χ4n) is 2.03. The maximum absolute atomic E-state index is 11.3. The van der Waals surface area contributed by atoms with Crippen molar-refractivity contribution in [1.82, 2.24) is 5.32 Å². The molecule has 0 unspecified atom stereocenters. The zero-order chi connectivity index (χ0) is 13.8. The van der Waals surface area contributed by atoms with Crippen LogP contribution in [-0.4, -0.2) is 25.1 Å². The molecule has 1 aromatic rings. The Morgan fingerprint density at radius 2 is 2.11 bits per heavy atom. The molecule has 100 valence electrons. The number of nitrogens with two attached hydrogens (primary N) is 1. The molecule has 0 atom stereocenters. The van der Waals surface area contributed by atoms with Crippen LogP contribution < -0.4 is 15.8 Å². The second-order valence-corrected chi connectivity index (χ2v) is 5.12. The molecule has 3 N–H and O–H groups in total. The van der Waals surface area contributed by atoms with Crippen molar-refractivity contribution in [2.45, 2.75) is 32.7 Å². The zero-order valence-electron chi connectivity index (χ0n) is 11.5. The first-order valence-corrected chi connectivity index (χ1v) is 6.02. The minimum absolute atomic E-state index is 0.0189. The minimum Gasteiger partial charge on any atom is -0.496 e. The van der Waals surface area contributed by atoms with Crippen molar-refractivity contribution in [3.8, 4) is 5.75 Å². The molecule has 0 spiro atoms. The van der Waals surface area contributed by atoms with Crippen LogP contribution in [0.3, 0.4) is 0 Å². The lowest BCUT2D eigenvalue weighted by Gasteiger charge is -2.26. The van der Waals surface area contributed by atoms with E-state index in [-0.39, 0.29) is 18.0 Å². The summed E-state index contributed by atoms with van der Waals surface area (Å²) in [4.78, 5) is 11.3. The third kappa shape index (κ3) is 4.04. The van der Waals surface area contributed by atoms with E-state index in [2.05, 4.69) is 11.4 Å². The molecule has 0 aliphatic rings. The summed E-state index contributed by atoms with van der Waals surface area (Å²) in [6, 6.07) is 6.04. The van der Waals surface area contributed by atoms with Gasteiger partial charge in [-0.3, -0.25) is 4.79 Å². The van der Waals surface area contributed by atoms with E-state index >= 15 is 0 Å². The smallest absolute Gasteiger partial charge is 0.234 e. The molecule has 4 nitrogen and oxygen atoms in total. The normalized spacial score (nSPS) is 11.2. The van der Waals surface area contributed by atoms with E-state index in [9.17, 15) is 4.79 Å². The molecule has 0 aliphatic heterocycles. The van der Waals surface area contributed by atoms with Gasteiger partial charge in [-0.1, -0.05) is 12.1 Å². The topological polar surface area (TPSA) is 64.3 Å². The Morgan fingerprint density at radius 1 is 1.44 bits per heavy atom. The molecule has 0 aliphatic carbocycles. The van der Waals surface area contributed by atoms with Gasteiger partial charge in [0, 0.05) is 5.54 Å². The van der Waals surface area contributed by atoms with Crippen LogP contribution >= 0.6 is 0 Å². The molecule has 1 rings (SSSR count). The number of benzene rings is 1. The lowest BCUT2D eigenvalue weighted by atomic mass is 9.94. The summed E-state index contributed by atoms with van der Waals surface area (Å²) in [6.45, 7) is 6.00. The second-order valence-electron chi connectivity index (χ2n) is 5.12. The van der Waals surface area contributed by atoms with Gasteiger partial charge in [0.15, 0.2) is 0 Å². The standard InChI is InChI=1S/C14H22N2O2/c1-10-7-11(5-6-12(10)18-4)8-14(2,3)16-13(17)9-15/h5-7H,8-9,15H2,1-4H3,(H,16,17). The first-order chi connectivity index (χ1) is 8.38. The van der Waals surface area contributed by atoms with E-state index in [0.717, 1.165) is 23.3 Å². The van der Waals surface area contributed by atoms with Gasteiger partial charge in [0.1, 0.15) is 5.75 Å². The Labute approximate surface area is 109 Å². The number of hydrogen-bond acceptors (Lipinski definition) is 3. The van der Waals surface area contributed by atoms with Crippen molar-refractivity contribution in [2.24, 2.45) is 5.73 Å². The molecule has 1 aromatic carbocycles. The predicted octanol–water partition coefficient (Wildman–Crippen LogP) is 1.40. The van der Waals surface area contributed by atoms with Crippen LogP contribution in [0.5, 0.6) is 5.75 Å². The number of ether oxygens (including phenoxy) is 1. The SMILES string of the molecule is COc1ccc(CC(C)(C)NC(=O)CN)cc1C. The minimum atomic E-state index is -0.308. The molecule has 1 amide bonds. The van der Waals surface area contributed by atoms with Crippen molar-refractivity contribution < 1.29 is 9.53 Å². The molecule has 0 bridgehead atoms. The molecule has 0 fully saturated rings.